The van der Waals surface area contributed by atoms with E-state index in [-0.39, 0.29) is 23.6 Å². The summed E-state index contributed by atoms with van der Waals surface area (Å²) in [4.78, 5) is 16.4. The van der Waals surface area contributed by atoms with E-state index in [4.69, 9.17) is 13.7 Å². The van der Waals surface area contributed by atoms with E-state index in [1.165, 1.54) is 29.9 Å². The van der Waals surface area contributed by atoms with Crippen LogP contribution in [0, 0.1) is 0 Å². The highest BCUT2D eigenvalue weighted by atomic mass is 32.2. The van der Waals surface area contributed by atoms with Crippen LogP contribution in [0.5, 0.6) is 5.75 Å². The number of benzene rings is 2. The second-order valence-electron chi connectivity index (χ2n) is 6.68. The van der Waals surface area contributed by atoms with Gasteiger partial charge < -0.3 is 13.7 Å². The fourth-order valence-electron chi connectivity index (χ4n) is 3.11. The molecule has 2 heterocycles. The zero-order chi connectivity index (χ0) is 22.0. The van der Waals surface area contributed by atoms with Crippen LogP contribution in [0.2, 0.25) is 0 Å². The zero-order valence-electron chi connectivity index (χ0n) is 16.9. The predicted molar refractivity (Wildman–Crippen MR) is 110 cm³/mol. The number of sulfonamides is 1. The third kappa shape index (κ3) is 4.23. The average Bonchev–Trinajstić information content (AvgIpc) is 3.36. The lowest BCUT2D eigenvalue weighted by Gasteiger charge is -2.10. The second kappa shape index (κ2) is 8.36. The number of nitrogens with zero attached hydrogens (tertiary/aromatic N) is 3. The largest absolute Gasteiger partial charge is 0.496 e. The minimum atomic E-state index is -3.85. The molecule has 162 valence electrons. The Kier molecular flexibility index (Phi) is 5.61. The van der Waals surface area contributed by atoms with Gasteiger partial charge in [0.05, 0.1) is 24.1 Å². The molecule has 1 N–H and O–H groups in total. The van der Waals surface area contributed by atoms with E-state index in [0.29, 0.717) is 35.0 Å². The molecule has 31 heavy (non-hydrogen) atoms. The standard InChI is InChI=1S/C20H20N4O6S/c1-3-19-22-18(23-30-19)12-24-15-9-8-14(10-17(15)29-20(24)25)31(26,27)21-11-13-6-4-5-7-16(13)28-2/h4-10,21H,3,11-12H2,1-2H3. The molecular formula is C20H20N4O6S. The van der Waals surface area contributed by atoms with Crippen molar-refractivity contribution >= 4 is 21.1 Å². The maximum atomic E-state index is 12.8. The Hall–Kier alpha value is -3.44. The van der Waals surface area contributed by atoms with Gasteiger partial charge in [-0.05, 0) is 18.2 Å². The Morgan fingerprint density at radius 3 is 2.74 bits per heavy atom. The molecule has 0 saturated heterocycles. The molecule has 0 unspecified atom stereocenters. The molecule has 0 aliphatic carbocycles. The second-order valence-corrected chi connectivity index (χ2v) is 8.44. The number of nitrogens with one attached hydrogen (secondary N) is 1. The van der Waals surface area contributed by atoms with Gasteiger partial charge >= 0.3 is 5.76 Å². The van der Waals surface area contributed by atoms with E-state index < -0.39 is 15.8 Å². The Morgan fingerprint density at radius 2 is 2.00 bits per heavy atom. The van der Waals surface area contributed by atoms with E-state index in [2.05, 4.69) is 14.9 Å². The number of oxazole rings is 1. The summed E-state index contributed by atoms with van der Waals surface area (Å²) >= 11 is 0. The van der Waals surface area contributed by atoms with Gasteiger partial charge in [0.15, 0.2) is 11.4 Å². The van der Waals surface area contributed by atoms with Crippen LogP contribution < -0.4 is 15.2 Å². The molecular weight excluding hydrogens is 424 g/mol. The van der Waals surface area contributed by atoms with Crippen LogP contribution in [0.25, 0.3) is 11.1 Å². The summed E-state index contributed by atoms with van der Waals surface area (Å²) in [7, 11) is -2.33. The van der Waals surface area contributed by atoms with Gasteiger partial charge in [-0.15, -0.1) is 0 Å². The highest BCUT2D eigenvalue weighted by molar-refractivity contribution is 7.89. The van der Waals surface area contributed by atoms with E-state index in [1.807, 2.05) is 6.92 Å². The van der Waals surface area contributed by atoms with Crippen LogP contribution in [0.4, 0.5) is 0 Å². The Morgan fingerprint density at radius 1 is 1.19 bits per heavy atom. The summed E-state index contributed by atoms with van der Waals surface area (Å²) in [5.41, 5.74) is 1.26. The van der Waals surface area contributed by atoms with Gasteiger partial charge in [-0.3, -0.25) is 4.57 Å². The SMILES string of the molecule is CCc1nc(Cn2c(=O)oc3cc(S(=O)(=O)NCc4ccccc4OC)ccc32)no1. The first-order chi connectivity index (χ1) is 14.9. The molecule has 4 rings (SSSR count). The number of ether oxygens (including phenoxy) is 1. The summed E-state index contributed by atoms with van der Waals surface area (Å²) in [6.07, 6.45) is 0.580. The van der Waals surface area contributed by atoms with Gasteiger partial charge in [-0.25, -0.2) is 17.9 Å². The van der Waals surface area contributed by atoms with E-state index >= 15 is 0 Å². The molecule has 0 saturated carbocycles. The lowest BCUT2D eigenvalue weighted by Crippen LogP contribution is -2.23. The quantitative estimate of drug-likeness (QED) is 0.437. The molecule has 0 aliphatic rings. The fourth-order valence-corrected chi connectivity index (χ4v) is 4.13. The van der Waals surface area contributed by atoms with Crippen LogP contribution in [0.3, 0.4) is 0 Å². The van der Waals surface area contributed by atoms with Crippen LogP contribution in [-0.2, 0) is 29.5 Å². The van der Waals surface area contributed by atoms with Gasteiger partial charge in [0.25, 0.3) is 0 Å². The normalized spacial score (nSPS) is 11.8. The molecule has 0 spiro atoms. The number of hydrogen-bond acceptors (Lipinski definition) is 8. The molecule has 0 radical (unpaired) electrons. The fraction of sp³-hybridized carbons (Fsp3) is 0.250. The first-order valence-electron chi connectivity index (χ1n) is 9.47. The average molecular weight is 444 g/mol. The first-order valence-corrected chi connectivity index (χ1v) is 11.0. The summed E-state index contributed by atoms with van der Waals surface area (Å²) in [5.74, 6) is 0.730. The number of aromatic nitrogens is 3. The monoisotopic (exact) mass is 444 g/mol. The molecule has 0 amide bonds. The Bertz CT molecular complexity index is 1390. The maximum absolute atomic E-state index is 12.8. The minimum absolute atomic E-state index is 0.0244. The lowest BCUT2D eigenvalue weighted by molar-refractivity contribution is 0.375. The van der Waals surface area contributed by atoms with Crippen molar-refractivity contribution in [2.24, 2.45) is 0 Å². The Labute approximate surface area is 177 Å². The van der Waals surface area contributed by atoms with Crippen LogP contribution in [0.1, 0.15) is 24.2 Å². The maximum Gasteiger partial charge on any atom is 0.420 e. The first kappa shape index (κ1) is 20.8. The summed E-state index contributed by atoms with van der Waals surface area (Å²) < 4.78 is 44.9. The summed E-state index contributed by atoms with van der Waals surface area (Å²) in [6, 6.07) is 11.3. The van der Waals surface area contributed by atoms with Crippen molar-refractivity contribution in [1.82, 2.24) is 19.4 Å². The number of methoxy groups -OCH3 is 1. The molecule has 2 aromatic carbocycles. The Balaban J connectivity index is 1.59. The van der Waals surface area contributed by atoms with Gasteiger partial charge in [-0.2, -0.15) is 4.98 Å². The van der Waals surface area contributed by atoms with E-state index in [0.717, 1.165) is 0 Å². The molecule has 10 nitrogen and oxygen atoms in total. The van der Waals surface area contributed by atoms with Crippen molar-refractivity contribution in [3.63, 3.8) is 0 Å². The number of aryl methyl sites for hydroxylation is 1. The number of hydrogen-bond donors (Lipinski definition) is 1. The topological polar surface area (TPSA) is 129 Å². The molecule has 0 bridgehead atoms. The summed E-state index contributed by atoms with van der Waals surface area (Å²) in [6.45, 7) is 1.97. The van der Waals surface area contributed by atoms with Crippen molar-refractivity contribution in [2.45, 2.75) is 31.3 Å². The van der Waals surface area contributed by atoms with Crippen molar-refractivity contribution in [2.75, 3.05) is 7.11 Å². The van der Waals surface area contributed by atoms with E-state index in [9.17, 15) is 13.2 Å². The van der Waals surface area contributed by atoms with Gasteiger partial charge in [0.1, 0.15) is 5.75 Å². The molecule has 2 aromatic heterocycles. The van der Waals surface area contributed by atoms with E-state index in [1.54, 1.807) is 24.3 Å². The molecule has 0 atom stereocenters. The van der Waals surface area contributed by atoms with Crippen LogP contribution >= 0.6 is 0 Å². The lowest BCUT2D eigenvalue weighted by atomic mass is 10.2. The number of fused-ring (bicyclic) bond motifs is 1. The highest BCUT2D eigenvalue weighted by Crippen LogP contribution is 2.21. The highest BCUT2D eigenvalue weighted by Gasteiger charge is 2.19. The third-order valence-electron chi connectivity index (χ3n) is 4.71. The number of rotatable bonds is 8. The van der Waals surface area contributed by atoms with Crippen molar-refractivity contribution in [1.29, 1.82) is 0 Å². The molecule has 11 heteroatoms. The van der Waals surface area contributed by atoms with Crippen molar-refractivity contribution < 1.29 is 22.1 Å². The smallest absolute Gasteiger partial charge is 0.420 e. The van der Waals surface area contributed by atoms with Crippen molar-refractivity contribution in [3.05, 3.63) is 70.3 Å². The number of para-hydroxylation sites is 1. The minimum Gasteiger partial charge on any atom is -0.496 e. The molecule has 0 aliphatic heterocycles. The van der Waals surface area contributed by atoms with Gasteiger partial charge in [0, 0.05) is 24.6 Å². The van der Waals surface area contributed by atoms with Crippen molar-refractivity contribution in [3.8, 4) is 5.75 Å². The molecule has 4 aromatic rings. The molecule has 0 fully saturated rings. The summed E-state index contributed by atoms with van der Waals surface area (Å²) in [5, 5.41) is 3.83. The zero-order valence-corrected chi connectivity index (χ0v) is 17.7. The van der Waals surface area contributed by atoms with Gasteiger partial charge in [0.2, 0.25) is 15.9 Å². The van der Waals surface area contributed by atoms with Gasteiger partial charge in [-0.1, -0.05) is 30.3 Å². The van der Waals surface area contributed by atoms with Crippen LogP contribution in [0.15, 0.2) is 61.1 Å². The van der Waals surface area contributed by atoms with Crippen LogP contribution in [-0.4, -0.2) is 30.2 Å². The third-order valence-corrected chi connectivity index (χ3v) is 6.11. The predicted octanol–water partition coefficient (Wildman–Crippen LogP) is 2.08.